The van der Waals surface area contributed by atoms with Gasteiger partial charge in [-0.25, -0.2) is 18.0 Å². The van der Waals surface area contributed by atoms with Crippen LogP contribution in [-0.2, 0) is 10.9 Å². The van der Waals surface area contributed by atoms with Crippen molar-refractivity contribution in [3.8, 4) is 0 Å². The van der Waals surface area contributed by atoms with Gasteiger partial charge in [-0.2, -0.15) is 13.2 Å². The number of alkyl halides is 5. The minimum atomic E-state index is -5.02. The second kappa shape index (κ2) is 5.63. The highest BCUT2D eigenvalue weighted by molar-refractivity contribution is 5.85. The fourth-order valence-corrected chi connectivity index (χ4v) is 1.78. The van der Waals surface area contributed by atoms with Gasteiger partial charge in [-0.05, 0) is 17.7 Å². The molecular formula is C11H8ClF6NO2. The molecule has 1 aromatic rings. The van der Waals surface area contributed by atoms with E-state index >= 15 is 0 Å². The number of hydrogen-bond acceptors (Lipinski definition) is 2. The first kappa shape index (κ1) is 17.4. The number of benzene rings is 1. The Hall–Kier alpha value is -1.64. The minimum Gasteiger partial charge on any atom is -0.443 e. The normalized spacial score (nSPS) is 21.0. The number of ether oxygens (including phenoxy) is 1. The number of alkyl carbamates (subject to hydrolysis) is 1. The average Bonchev–Trinajstić information content (AvgIpc) is 2.32. The predicted octanol–water partition coefficient (Wildman–Crippen LogP) is 3.68. The Labute approximate surface area is 120 Å². The molecule has 0 unspecified atom stereocenters. The molecule has 1 atom stereocenters. The summed E-state index contributed by atoms with van der Waals surface area (Å²) in [6.45, 7) is -1.26. The molecule has 0 spiro atoms. The molecule has 0 aliphatic carbocycles. The lowest BCUT2D eigenvalue weighted by Gasteiger charge is -2.32. The van der Waals surface area contributed by atoms with E-state index in [-0.39, 0.29) is 18.5 Å². The van der Waals surface area contributed by atoms with Crippen molar-refractivity contribution in [1.29, 1.82) is 0 Å². The monoisotopic (exact) mass is 335 g/mol. The van der Waals surface area contributed by atoms with Crippen molar-refractivity contribution in [2.24, 2.45) is 0 Å². The number of rotatable bonds is 1. The van der Waals surface area contributed by atoms with Gasteiger partial charge < -0.3 is 10.1 Å². The molecule has 1 fully saturated rings. The second-order valence-corrected chi connectivity index (χ2v) is 4.15. The molecule has 21 heavy (non-hydrogen) atoms. The summed E-state index contributed by atoms with van der Waals surface area (Å²) >= 11 is 0. The van der Waals surface area contributed by atoms with Gasteiger partial charge >= 0.3 is 18.2 Å². The molecule has 0 radical (unpaired) electrons. The summed E-state index contributed by atoms with van der Waals surface area (Å²) in [5.74, 6) is -5.18. The van der Waals surface area contributed by atoms with Crippen LogP contribution in [0.2, 0.25) is 0 Å². The molecule has 0 bridgehead atoms. The molecule has 1 heterocycles. The summed E-state index contributed by atoms with van der Waals surface area (Å²) in [4.78, 5) is 10.9. The quantitative estimate of drug-likeness (QED) is 0.795. The summed E-state index contributed by atoms with van der Waals surface area (Å²) in [6.07, 6.45) is -6.20. The van der Waals surface area contributed by atoms with Crippen molar-refractivity contribution in [2.45, 2.75) is 18.1 Å². The van der Waals surface area contributed by atoms with Gasteiger partial charge in [0.05, 0.1) is 5.56 Å². The van der Waals surface area contributed by atoms with E-state index < -0.39 is 47.8 Å². The zero-order valence-corrected chi connectivity index (χ0v) is 10.8. The van der Waals surface area contributed by atoms with Crippen LogP contribution < -0.4 is 5.32 Å². The molecule has 10 heteroatoms. The minimum absolute atomic E-state index is 0. The second-order valence-electron chi connectivity index (χ2n) is 4.15. The van der Waals surface area contributed by atoms with E-state index in [2.05, 4.69) is 4.74 Å². The number of amides is 1. The third-order valence-electron chi connectivity index (χ3n) is 2.71. The van der Waals surface area contributed by atoms with Crippen LogP contribution in [0, 0.1) is 5.82 Å². The molecule has 0 saturated carbocycles. The maximum Gasteiger partial charge on any atom is 0.419 e. The van der Waals surface area contributed by atoms with E-state index in [1.807, 2.05) is 0 Å². The Kier molecular flexibility index (Phi) is 4.66. The van der Waals surface area contributed by atoms with E-state index in [0.717, 1.165) is 6.07 Å². The molecule has 1 N–H and O–H groups in total. The lowest BCUT2D eigenvalue weighted by Crippen LogP contribution is -2.49. The van der Waals surface area contributed by atoms with Crippen molar-refractivity contribution in [2.75, 3.05) is 6.61 Å². The first-order valence-corrected chi connectivity index (χ1v) is 5.29. The molecule has 1 saturated heterocycles. The van der Waals surface area contributed by atoms with Crippen molar-refractivity contribution >= 4 is 18.5 Å². The molecule has 118 valence electrons. The number of hydrogen-bond donors (Lipinski definition) is 1. The summed E-state index contributed by atoms with van der Waals surface area (Å²) in [5, 5.41) is 1.72. The summed E-state index contributed by atoms with van der Waals surface area (Å²) in [5.41, 5.74) is -2.23. The van der Waals surface area contributed by atoms with E-state index in [1.165, 1.54) is 0 Å². The summed E-state index contributed by atoms with van der Waals surface area (Å²) in [7, 11) is 0. The van der Waals surface area contributed by atoms with E-state index in [1.54, 1.807) is 5.32 Å². The smallest absolute Gasteiger partial charge is 0.419 e. The maximum absolute atomic E-state index is 13.5. The molecular weight excluding hydrogens is 328 g/mol. The van der Waals surface area contributed by atoms with Crippen molar-refractivity contribution in [3.05, 3.63) is 35.1 Å². The Morgan fingerprint density at radius 3 is 2.48 bits per heavy atom. The molecule has 2 rings (SSSR count). The molecule has 3 nitrogen and oxygen atoms in total. The van der Waals surface area contributed by atoms with Crippen LogP contribution in [0.3, 0.4) is 0 Å². The number of carbonyl (C=O) groups excluding carboxylic acids is 1. The van der Waals surface area contributed by atoms with Crippen molar-refractivity contribution in [1.82, 2.24) is 5.32 Å². The van der Waals surface area contributed by atoms with Crippen molar-refractivity contribution < 1.29 is 35.9 Å². The van der Waals surface area contributed by atoms with Gasteiger partial charge in [-0.1, -0.05) is 6.07 Å². The Balaban J connectivity index is 0.00000220. The first-order chi connectivity index (χ1) is 9.11. The lowest BCUT2D eigenvalue weighted by molar-refractivity contribution is -0.140. The first-order valence-electron chi connectivity index (χ1n) is 5.29. The van der Waals surface area contributed by atoms with Gasteiger partial charge in [0.25, 0.3) is 0 Å². The fourth-order valence-electron chi connectivity index (χ4n) is 1.78. The van der Waals surface area contributed by atoms with Crippen LogP contribution in [0.1, 0.15) is 17.2 Å². The standard InChI is InChI=1S/C11H7F6NO2.ClH/c12-7-2-1-5(3-6(7)11(15,16)17)8-10(13,14)4-20-9(19)18-8;/h1-3,8H,4H2,(H,18,19);1H/t8-;/m1./s1. The van der Waals surface area contributed by atoms with Crippen LogP contribution >= 0.6 is 12.4 Å². The number of nitrogens with one attached hydrogen (secondary N) is 1. The van der Waals surface area contributed by atoms with Crippen LogP contribution in [0.5, 0.6) is 0 Å². The number of halogens is 7. The maximum atomic E-state index is 13.5. The van der Waals surface area contributed by atoms with Gasteiger partial charge in [0.1, 0.15) is 11.9 Å². The lowest BCUT2D eigenvalue weighted by atomic mass is 9.97. The highest BCUT2D eigenvalue weighted by Gasteiger charge is 2.47. The van der Waals surface area contributed by atoms with Crippen molar-refractivity contribution in [3.63, 3.8) is 0 Å². The summed E-state index contributed by atoms with van der Waals surface area (Å²) < 4.78 is 81.8. The zero-order chi connectivity index (χ0) is 15.1. The average molecular weight is 336 g/mol. The van der Waals surface area contributed by atoms with Crippen LogP contribution in [0.25, 0.3) is 0 Å². The molecule has 1 aliphatic rings. The van der Waals surface area contributed by atoms with Gasteiger partial charge in [0, 0.05) is 0 Å². The Bertz CT molecular complexity index is 548. The molecule has 1 amide bonds. The summed E-state index contributed by atoms with van der Waals surface area (Å²) in [6, 6.07) is -0.574. The van der Waals surface area contributed by atoms with Gasteiger partial charge in [0.2, 0.25) is 0 Å². The van der Waals surface area contributed by atoms with Crippen LogP contribution in [-0.4, -0.2) is 18.6 Å². The third-order valence-corrected chi connectivity index (χ3v) is 2.71. The van der Waals surface area contributed by atoms with E-state index in [4.69, 9.17) is 0 Å². The van der Waals surface area contributed by atoms with E-state index in [0.29, 0.717) is 6.07 Å². The topological polar surface area (TPSA) is 38.3 Å². The molecule has 0 aromatic heterocycles. The van der Waals surface area contributed by atoms with Crippen LogP contribution in [0.4, 0.5) is 31.1 Å². The zero-order valence-electron chi connectivity index (χ0n) is 10.0. The predicted molar refractivity (Wildman–Crippen MR) is 60.8 cm³/mol. The van der Waals surface area contributed by atoms with Gasteiger partial charge in [-0.15, -0.1) is 12.4 Å². The number of carbonyl (C=O) groups is 1. The fraction of sp³-hybridized carbons (Fsp3) is 0.364. The highest BCUT2D eigenvalue weighted by atomic mass is 35.5. The van der Waals surface area contributed by atoms with Gasteiger partial charge in [-0.3, -0.25) is 0 Å². The number of cyclic esters (lactones) is 1. The largest absolute Gasteiger partial charge is 0.443 e. The highest BCUT2D eigenvalue weighted by Crippen LogP contribution is 2.38. The van der Waals surface area contributed by atoms with Gasteiger partial charge in [0.15, 0.2) is 6.61 Å². The third kappa shape index (κ3) is 3.52. The Morgan fingerprint density at radius 2 is 1.90 bits per heavy atom. The Morgan fingerprint density at radius 1 is 1.29 bits per heavy atom. The van der Waals surface area contributed by atoms with Crippen LogP contribution in [0.15, 0.2) is 18.2 Å². The molecule has 1 aromatic carbocycles. The molecule has 1 aliphatic heterocycles. The van der Waals surface area contributed by atoms with E-state index in [9.17, 15) is 31.1 Å². The SMILES string of the molecule is Cl.O=C1N[C@H](c2ccc(F)c(C(F)(F)F)c2)C(F)(F)CO1.